The van der Waals surface area contributed by atoms with Crippen LogP contribution in [0.25, 0.3) is 0 Å². The van der Waals surface area contributed by atoms with Crippen LogP contribution in [-0.4, -0.2) is 36.9 Å². The minimum Gasteiger partial charge on any atom is -0.392 e. The summed E-state index contributed by atoms with van der Waals surface area (Å²) >= 11 is 0. The summed E-state index contributed by atoms with van der Waals surface area (Å²) in [7, 11) is 0. The van der Waals surface area contributed by atoms with Crippen LogP contribution in [0.2, 0.25) is 0 Å². The Bertz CT molecular complexity index is 128. The lowest BCUT2D eigenvalue weighted by atomic mass is 10.2. The molecule has 0 aromatic heterocycles. The van der Waals surface area contributed by atoms with Gasteiger partial charge < -0.3 is 15.7 Å². The zero-order chi connectivity index (χ0) is 8.97. The molecular weight excluding hydrogens is 152 g/mol. The molecule has 3 N–H and O–H groups in total. The molecule has 2 unspecified atom stereocenters. The van der Waals surface area contributed by atoms with Gasteiger partial charge in [0.05, 0.1) is 6.10 Å². The SMILES string of the molecule is CC(C)CNCC1CC(O)CN1. The van der Waals surface area contributed by atoms with E-state index in [1.165, 1.54) is 0 Å². The highest BCUT2D eigenvalue weighted by Crippen LogP contribution is 2.04. The van der Waals surface area contributed by atoms with E-state index >= 15 is 0 Å². The van der Waals surface area contributed by atoms with Crippen LogP contribution in [0.4, 0.5) is 0 Å². The van der Waals surface area contributed by atoms with Gasteiger partial charge in [0.2, 0.25) is 0 Å². The van der Waals surface area contributed by atoms with Crippen molar-refractivity contribution in [2.24, 2.45) is 5.92 Å². The molecule has 1 heterocycles. The van der Waals surface area contributed by atoms with Crippen LogP contribution in [0.15, 0.2) is 0 Å². The van der Waals surface area contributed by atoms with E-state index in [0.717, 1.165) is 26.1 Å². The van der Waals surface area contributed by atoms with E-state index < -0.39 is 0 Å². The van der Waals surface area contributed by atoms with Gasteiger partial charge in [-0.25, -0.2) is 0 Å². The molecule has 72 valence electrons. The number of rotatable bonds is 4. The van der Waals surface area contributed by atoms with Crippen molar-refractivity contribution in [2.45, 2.75) is 32.4 Å². The predicted octanol–water partition coefficient (Wildman–Crippen LogP) is -0.0452. The van der Waals surface area contributed by atoms with Crippen LogP contribution in [0.3, 0.4) is 0 Å². The van der Waals surface area contributed by atoms with E-state index in [1.807, 2.05) is 0 Å². The summed E-state index contributed by atoms with van der Waals surface area (Å²) < 4.78 is 0. The highest BCUT2D eigenvalue weighted by atomic mass is 16.3. The summed E-state index contributed by atoms with van der Waals surface area (Å²) in [6, 6.07) is 0.471. The summed E-state index contributed by atoms with van der Waals surface area (Å²) in [6.45, 7) is 7.20. The molecule has 3 nitrogen and oxygen atoms in total. The molecule has 0 aliphatic carbocycles. The molecule has 1 aliphatic heterocycles. The molecule has 2 atom stereocenters. The van der Waals surface area contributed by atoms with Crippen LogP contribution in [0.1, 0.15) is 20.3 Å². The molecule has 12 heavy (non-hydrogen) atoms. The Morgan fingerprint density at radius 1 is 1.58 bits per heavy atom. The fourth-order valence-electron chi connectivity index (χ4n) is 1.50. The smallest absolute Gasteiger partial charge is 0.0680 e. The highest BCUT2D eigenvalue weighted by Gasteiger charge is 2.20. The number of aliphatic hydroxyl groups excluding tert-OH is 1. The third kappa shape index (κ3) is 3.52. The summed E-state index contributed by atoms with van der Waals surface area (Å²) in [6.07, 6.45) is 0.765. The second kappa shape index (κ2) is 4.80. The van der Waals surface area contributed by atoms with Gasteiger partial charge in [0, 0.05) is 19.1 Å². The lowest BCUT2D eigenvalue weighted by Crippen LogP contribution is -2.35. The molecule has 1 fully saturated rings. The monoisotopic (exact) mass is 172 g/mol. The summed E-state index contributed by atoms with van der Waals surface area (Å²) in [4.78, 5) is 0. The van der Waals surface area contributed by atoms with E-state index in [0.29, 0.717) is 12.0 Å². The van der Waals surface area contributed by atoms with E-state index in [4.69, 9.17) is 0 Å². The van der Waals surface area contributed by atoms with Crippen molar-refractivity contribution < 1.29 is 5.11 Å². The number of hydrogen-bond acceptors (Lipinski definition) is 3. The lowest BCUT2D eigenvalue weighted by Gasteiger charge is -2.12. The van der Waals surface area contributed by atoms with Crippen LogP contribution >= 0.6 is 0 Å². The first-order chi connectivity index (χ1) is 5.68. The Morgan fingerprint density at radius 2 is 2.33 bits per heavy atom. The van der Waals surface area contributed by atoms with E-state index in [2.05, 4.69) is 24.5 Å². The quantitative estimate of drug-likeness (QED) is 0.557. The molecule has 0 spiro atoms. The molecular formula is C9H20N2O. The first kappa shape index (κ1) is 9.96. The van der Waals surface area contributed by atoms with Gasteiger partial charge in [0.1, 0.15) is 0 Å². The minimum absolute atomic E-state index is 0.129. The maximum atomic E-state index is 9.22. The van der Waals surface area contributed by atoms with Gasteiger partial charge in [-0.3, -0.25) is 0 Å². The summed E-state index contributed by atoms with van der Waals surface area (Å²) in [5.74, 6) is 0.705. The van der Waals surface area contributed by atoms with Crippen molar-refractivity contribution >= 4 is 0 Å². The van der Waals surface area contributed by atoms with E-state index in [1.54, 1.807) is 0 Å². The summed E-state index contributed by atoms with van der Waals surface area (Å²) in [5.41, 5.74) is 0. The number of β-amino-alcohol motifs (C(OH)–C–C–N with tert-alkyl or cyclic N) is 1. The minimum atomic E-state index is -0.129. The number of nitrogens with one attached hydrogen (secondary N) is 2. The molecule has 0 saturated carbocycles. The molecule has 1 rings (SSSR count). The van der Waals surface area contributed by atoms with Crippen molar-refractivity contribution in [3.05, 3.63) is 0 Å². The van der Waals surface area contributed by atoms with Crippen molar-refractivity contribution in [3.8, 4) is 0 Å². The van der Waals surface area contributed by atoms with Gasteiger partial charge in [-0.1, -0.05) is 13.8 Å². The van der Waals surface area contributed by atoms with Crippen LogP contribution in [-0.2, 0) is 0 Å². The molecule has 0 aromatic carbocycles. The first-order valence-corrected chi connectivity index (χ1v) is 4.80. The van der Waals surface area contributed by atoms with Gasteiger partial charge in [0.25, 0.3) is 0 Å². The van der Waals surface area contributed by atoms with Crippen molar-refractivity contribution in [2.75, 3.05) is 19.6 Å². The Morgan fingerprint density at radius 3 is 2.83 bits per heavy atom. The average molecular weight is 172 g/mol. The van der Waals surface area contributed by atoms with Gasteiger partial charge in [0.15, 0.2) is 0 Å². The predicted molar refractivity (Wildman–Crippen MR) is 50.1 cm³/mol. The van der Waals surface area contributed by atoms with Crippen molar-refractivity contribution in [1.82, 2.24) is 10.6 Å². The average Bonchev–Trinajstić information content (AvgIpc) is 2.35. The second-order valence-electron chi connectivity index (χ2n) is 4.05. The van der Waals surface area contributed by atoms with Crippen molar-refractivity contribution in [1.29, 1.82) is 0 Å². The number of aliphatic hydroxyl groups is 1. The lowest BCUT2D eigenvalue weighted by molar-refractivity contribution is 0.193. The Kier molecular flexibility index (Phi) is 3.98. The Labute approximate surface area is 74.5 Å². The highest BCUT2D eigenvalue weighted by molar-refractivity contribution is 4.82. The van der Waals surface area contributed by atoms with Gasteiger partial charge in [-0.15, -0.1) is 0 Å². The zero-order valence-electron chi connectivity index (χ0n) is 8.01. The summed E-state index contributed by atoms with van der Waals surface area (Å²) in [5, 5.41) is 15.9. The van der Waals surface area contributed by atoms with Gasteiger partial charge in [-0.2, -0.15) is 0 Å². The van der Waals surface area contributed by atoms with Crippen LogP contribution in [0.5, 0.6) is 0 Å². The van der Waals surface area contributed by atoms with Gasteiger partial charge >= 0.3 is 0 Å². The normalized spacial score (nSPS) is 30.0. The zero-order valence-corrected chi connectivity index (χ0v) is 8.01. The maximum absolute atomic E-state index is 9.22. The van der Waals surface area contributed by atoms with Crippen LogP contribution in [0, 0.1) is 5.92 Å². The first-order valence-electron chi connectivity index (χ1n) is 4.80. The molecule has 1 aliphatic rings. The topological polar surface area (TPSA) is 44.3 Å². The fraction of sp³-hybridized carbons (Fsp3) is 1.00. The molecule has 1 saturated heterocycles. The van der Waals surface area contributed by atoms with E-state index in [9.17, 15) is 5.11 Å². The van der Waals surface area contributed by atoms with Gasteiger partial charge in [-0.05, 0) is 18.9 Å². The standard InChI is InChI=1S/C9H20N2O/c1-7(2)4-10-5-8-3-9(12)6-11-8/h7-12H,3-6H2,1-2H3. The molecule has 0 bridgehead atoms. The van der Waals surface area contributed by atoms with Crippen LogP contribution < -0.4 is 10.6 Å². The Hall–Kier alpha value is -0.120. The third-order valence-electron chi connectivity index (χ3n) is 2.14. The maximum Gasteiger partial charge on any atom is 0.0680 e. The molecule has 3 heteroatoms. The number of hydrogen-bond donors (Lipinski definition) is 3. The Balaban J connectivity index is 2.00. The second-order valence-corrected chi connectivity index (χ2v) is 4.05. The molecule has 0 radical (unpaired) electrons. The van der Waals surface area contributed by atoms with E-state index in [-0.39, 0.29) is 6.10 Å². The third-order valence-corrected chi connectivity index (χ3v) is 2.14. The van der Waals surface area contributed by atoms with Crippen molar-refractivity contribution in [3.63, 3.8) is 0 Å². The molecule has 0 amide bonds. The largest absolute Gasteiger partial charge is 0.392 e. The fourth-order valence-corrected chi connectivity index (χ4v) is 1.50. The molecule has 0 aromatic rings.